The van der Waals surface area contributed by atoms with E-state index in [1.54, 1.807) is 0 Å². The number of carbonyl (C=O) groups excluding carboxylic acids is 1. The molecular formula is C22H30O3. The molecule has 1 N–H and O–H groups in total. The number of hydrogen-bond acceptors (Lipinski definition) is 3. The van der Waals surface area contributed by atoms with Gasteiger partial charge in [-0.1, -0.05) is 32.1 Å². The summed E-state index contributed by atoms with van der Waals surface area (Å²) >= 11 is 0. The van der Waals surface area contributed by atoms with Crippen LogP contribution >= 0.6 is 0 Å². The maximum Gasteiger partial charge on any atom is 0.306 e. The molecule has 0 aromatic heterocycles. The molecule has 25 heavy (non-hydrogen) atoms. The number of fused-ring (bicyclic) bond motifs is 6. The number of esters is 1. The van der Waals surface area contributed by atoms with E-state index in [1.807, 2.05) is 0 Å². The molecule has 1 spiro atoms. The lowest BCUT2D eigenvalue weighted by Gasteiger charge is -2.57. The second-order valence-corrected chi connectivity index (χ2v) is 9.76. The first-order valence-corrected chi connectivity index (χ1v) is 10.2. The SMILES string of the molecule is C[C@]12CC[C@H](O)C=C1C=C[C@@H]1[C@@H]2CC[C@@]2(C)[C@H]1CC[C@@]21CCC(=O)O1. The third-order valence-electron chi connectivity index (χ3n) is 8.97. The summed E-state index contributed by atoms with van der Waals surface area (Å²) in [4.78, 5) is 11.9. The van der Waals surface area contributed by atoms with Crippen LogP contribution in [0.2, 0.25) is 0 Å². The molecule has 4 aliphatic carbocycles. The molecule has 1 heterocycles. The Balaban J connectivity index is 1.52. The Morgan fingerprint density at radius 1 is 1.08 bits per heavy atom. The van der Waals surface area contributed by atoms with Crippen LogP contribution in [0.3, 0.4) is 0 Å². The fraction of sp³-hybridized carbons (Fsp3) is 0.773. The van der Waals surface area contributed by atoms with Crippen molar-refractivity contribution in [2.24, 2.45) is 28.6 Å². The van der Waals surface area contributed by atoms with Gasteiger partial charge in [-0.15, -0.1) is 0 Å². The van der Waals surface area contributed by atoms with E-state index >= 15 is 0 Å². The number of carbonyl (C=O) groups is 1. The number of allylic oxidation sites excluding steroid dienone is 3. The van der Waals surface area contributed by atoms with Crippen molar-refractivity contribution in [1.82, 2.24) is 0 Å². The van der Waals surface area contributed by atoms with E-state index in [4.69, 9.17) is 4.74 Å². The highest BCUT2D eigenvalue weighted by Gasteiger charge is 2.66. The molecule has 3 nitrogen and oxygen atoms in total. The summed E-state index contributed by atoms with van der Waals surface area (Å²) in [5, 5.41) is 10.1. The lowest BCUT2D eigenvalue weighted by atomic mass is 9.48. The smallest absolute Gasteiger partial charge is 0.306 e. The first kappa shape index (κ1) is 16.1. The van der Waals surface area contributed by atoms with Gasteiger partial charge in [0.15, 0.2) is 0 Å². The van der Waals surface area contributed by atoms with E-state index in [9.17, 15) is 9.90 Å². The third kappa shape index (κ3) is 1.94. The predicted octanol–water partition coefficient (Wildman–Crippen LogP) is 4.16. The maximum absolute atomic E-state index is 11.9. The van der Waals surface area contributed by atoms with Crippen LogP contribution < -0.4 is 0 Å². The summed E-state index contributed by atoms with van der Waals surface area (Å²) in [7, 11) is 0. The van der Waals surface area contributed by atoms with Crippen molar-refractivity contribution < 1.29 is 14.6 Å². The molecule has 0 amide bonds. The van der Waals surface area contributed by atoms with E-state index in [2.05, 4.69) is 32.1 Å². The Labute approximate surface area is 150 Å². The minimum absolute atomic E-state index is 0.0154. The molecule has 0 aromatic rings. The molecule has 0 unspecified atom stereocenters. The number of rotatable bonds is 0. The maximum atomic E-state index is 11.9. The fourth-order valence-electron chi connectivity index (χ4n) is 7.44. The lowest BCUT2D eigenvalue weighted by Crippen LogP contribution is -2.53. The molecule has 1 aliphatic heterocycles. The van der Waals surface area contributed by atoms with Crippen LogP contribution in [-0.2, 0) is 9.53 Å². The molecule has 0 radical (unpaired) electrons. The van der Waals surface area contributed by atoms with Crippen LogP contribution in [-0.4, -0.2) is 22.8 Å². The summed E-state index contributed by atoms with van der Waals surface area (Å²) in [6.07, 6.45) is 14.7. The topological polar surface area (TPSA) is 46.5 Å². The van der Waals surface area contributed by atoms with E-state index < -0.39 is 0 Å². The zero-order chi connectivity index (χ0) is 17.4. The van der Waals surface area contributed by atoms with E-state index in [1.165, 1.54) is 24.8 Å². The van der Waals surface area contributed by atoms with Crippen molar-refractivity contribution in [2.45, 2.75) is 76.9 Å². The molecule has 2 saturated carbocycles. The molecule has 136 valence electrons. The molecular weight excluding hydrogens is 312 g/mol. The van der Waals surface area contributed by atoms with Gasteiger partial charge in [0, 0.05) is 11.8 Å². The van der Waals surface area contributed by atoms with Crippen molar-refractivity contribution >= 4 is 5.97 Å². The molecule has 5 rings (SSSR count). The number of hydrogen-bond donors (Lipinski definition) is 1. The standard InChI is InChI=1S/C22H30O3/c1-20-9-5-15(23)13-14(20)3-4-16-17(20)6-10-21(2)18(16)7-11-22(21)12-8-19(24)25-22/h3-4,13,15-18,23H,5-12H2,1-2H3/t15-,16+,17-,18-,20-,21-,22+/m0/s1. The van der Waals surface area contributed by atoms with Crippen LogP contribution in [0, 0.1) is 28.6 Å². The summed E-state index contributed by atoms with van der Waals surface area (Å²) < 4.78 is 6.00. The highest BCUT2D eigenvalue weighted by Crippen LogP contribution is 2.68. The second-order valence-electron chi connectivity index (χ2n) is 9.76. The van der Waals surface area contributed by atoms with Crippen LogP contribution in [0.25, 0.3) is 0 Å². The molecule has 3 fully saturated rings. The van der Waals surface area contributed by atoms with Gasteiger partial charge in [0.05, 0.1) is 6.10 Å². The van der Waals surface area contributed by atoms with Crippen molar-refractivity contribution in [3.05, 3.63) is 23.8 Å². The van der Waals surface area contributed by atoms with Crippen molar-refractivity contribution in [2.75, 3.05) is 0 Å². The minimum Gasteiger partial charge on any atom is -0.458 e. The predicted molar refractivity (Wildman–Crippen MR) is 95.7 cm³/mol. The molecule has 5 aliphatic rings. The van der Waals surface area contributed by atoms with Gasteiger partial charge in [0.2, 0.25) is 0 Å². The molecule has 1 saturated heterocycles. The van der Waals surface area contributed by atoms with Crippen molar-refractivity contribution in [3.63, 3.8) is 0 Å². The fourth-order valence-corrected chi connectivity index (χ4v) is 7.44. The van der Waals surface area contributed by atoms with Crippen LogP contribution in [0.5, 0.6) is 0 Å². The van der Waals surface area contributed by atoms with Gasteiger partial charge >= 0.3 is 5.97 Å². The largest absolute Gasteiger partial charge is 0.458 e. The number of aliphatic hydroxyl groups is 1. The number of aliphatic hydroxyl groups excluding tert-OH is 1. The van der Waals surface area contributed by atoms with Gasteiger partial charge in [-0.25, -0.2) is 0 Å². The van der Waals surface area contributed by atoms with Gasteiger partial charge in [0.25, 0.3) is 0 Å². The lowest BCUT2D eigenvalue weighted by molar-refractivity contribution is -0.165. The number of ether oxygens (including phenoxy) is 1. The average Bonchev–Trinajstić information content (AvgIpc) is 3.10. The highest BCUT2D eigenvalue weighted by atomic mass is 16.6. The Kier molecular flexibility index (Phi) is 3.22. The van der Waals surface area contributed by atoms with E-state index in [0.717, 1.165) is 25.7 Å². The minimum atomic E-state index is -0.272. The van der Waals surface area contributed by atoms with E-state index in [-0.39, 0.29) is 28.5 Å². The van der Waals surface area contributed by atoms with Gasteiger partial charge in [0.1, 0.15) is 5.60 Å². The highest BCUT2D eigenvalue weighted by molar-refractivity contribution is 5.72. The summed E-state index contributed by atoms with van der Waals surface area (Å²) in [6.45, 7) is 4.83. The third-order valence-corrected chi connectivity index (χ3v) is 8.97. The Bertz CT molecular complexity index is 679. The van der Waals surface area contributed by atoms with Gasteiger partial charge in [-0.3, -0.25) is 4.79 Å². The monoisotopic (exact) mass is 342 g/mol. The molecule has 7 atom stereocenters. The zero-order valence-electron chi connectivity index (χ0n) is 15.5. The molecule has 0 bridgehead atoms. The Morgan fingerprint density at radius 2 is 1.88 bits per heavy atom. The first-order chi connectivity index (χ1) is 11.9. The van der Waals surface area contributed by atoms with Gasteiger partial charge < -0.3 is 9.84 Å². The summed E-state index contributed by atoms with van der Waals surface area (Å²) in [5.41, 5.74) is 1.52. The van der Waals surface area contributed by atoms with Crippen LogP contribution in [0.4, 0.5) is 0 Å². The summed E-state index contributed by atoms with van der Waals surface area (Å²) in [5.74, 6) is 1.90. The van der Waals surface area contributed by atoms with Crippen molar-refractivity contribution in [1.29, 1.82) is 0 Å². The average molecular weight is 342 g/mol. The van der Waals surface area contributed by atoms with Crippen LogP contribution in [0.15, 0.2) is 23.8 Å². The van der Waals surface area contributed by atoms with Gasteiger partial charge in [-0.2, -0.15) is 0 Å². The van der Waals surface area contributed by atoms with Crippen molar-refractivity contribution in [3.8, 4) is 0 Å². The zero-order valence-corrected chi connectivity index (χ0v) is 15.5. The second kappa shape index (κ2) is 5.00. The molecule has 3 heteroatoms. The van der Waals surface area contributed by atoms with Crippen LogP contribution in [0.1, 0.15) is 65.2 Å². The van der Waals surface area contributed by atoms with Gasteiger partial charge in [-0.05, 0) is 73.7 Å². The summed E-state index contributed by atoms with van der Waals surface area (Å²) in [6, 6.07) is 0. The first-order valence-electron chi connectivity index (χ1n) is 10.2. The normalized spacial score (nSPS) is 53.9. The molecule has 0 aromatic carbocycles. The quantitative estimate of drug-likeness (QED) is 0.672. The Morgan fingerprint density at radius 3 is 2.64 bits per heavy atom. The Hall–Kier alpha value is -1.09. The van der Waals surface area contributed by atoms with E-state index in [0.29, 0.717) is 24.2 Å².